The van der Waals surface area contributed by atoms with Gasteiger partial charge in [0.1, 0.15) is 5.58 Å². The van der Waals surface area contributed by atoms with Gasteiger partial charge in [-0.3, -0.25) is 14.5 Å². The summed E-state index contributed by atoms with van der Waals surface area (Å²) in [5.41, 5.74) is 4.51. The van der Waals surface area contributed by atoms with E-state index in [1.807, 2.05) is 43.5 Å². The number of nitrogens with zero attached hydrogens (tertiary/aromatic N) is 2. The second-order valence-electron chi connectivity index (χ2n) is 8.34. The molecule has 0 aliphatic carbocycles. The normalized spacial score (nSPS) is 15.8. The highest BCUT2D eigenvalue weighted by molar-refractivity contribution is 7.14. The highest BCUT2D eigenvalue weighted by Crippen LogP contribution is 2.42. The zero-order valence-corrected chi connectivity index (χ0v) is 18.6. The van der Waals surface area contributed by atoms with E-state index in [4.69, 9.17) is 4.42 Å². The van der Waals surface area contributed by atoms with E-state index in [-0.39, 0.29) is 17.1 Å². The number of anilines is 1. The maximum atomic E-state index is 13.6. The summed E-state index contributed by atoms with van der Waals surface area (Å²) in [6.07, 6.45) is 0. The van der Waals surface area contributed by atoms with E-state index in [2.05, 4.69) is 31.0 Å². The lowest BCUT2D eigenvalue weighted by atomic mass is 9.95. The molecule has 1 aliphatic heterocycles. The third-order valence-electron chi connectivity index (χ3n) is 5.76. The number of thiazole rings is 1. The van der Waals surface area contributed by atoms with E-state index in [0.717, 1.165) is 16.8 Å². The predicted octanol–water partition coefficient (Wildman–Crippen LogP) is 5.74. The largest absolute Gasteiger partial charge is 0.450 e. The van der Waals surface area contributed by atoms with Crippen molar-refractivity contribution in [3.05, 3.63) is 91.8 Å². The van der Waals surface area contributed by atoms with Crippen LogP contribution in [0.4, 0.5) is 5.13 Å². The summed E-state index contributed by atoms with van der Waals surface area (Å²) in [4.78, 5) is 33.2. The minimum Gasteiger partial charge on any atom is -0.450 e. The van der Waals surface area contributed by atoms with Crippen LogP contribution < -0.4 is 10.3 Å². The monoisotopic (exact) mass is 430 g/mol. The fraction of sp³-hybridized carbons (Fsp3) is 0.240. The first-order valence-corrected chi connectivity index (χ1v) is 11.2. The fourth-order valence-corrected chi connectivity index (χ4v) is 4.94. The van der Waals surface area contributed by atoms with Crippen LogP contribution in [-0.2, 0) is 0 Å². The minimum absolute atomic E-state index is 0.104. The third kappa shape index (κ3) is 3.10. The van der Waals surface area contributed by atoms with Gasteiger partial charge in [0, 0.05) is 5.38 Å². The number of hydrogen-bond acceptors (Lipinski definition) is 5. The highest BCUT2D eigenvalue weighted by Gasteiger charge is 2.44. The fourth-order valence-electron chi connectivity index (χ4n) is 4.11. The van der Waals surface area contributed by atoms with Crippen LogP contribution in [0.5, 0.6) is 0 Å². The van der Waals surface area contributed by atoms with E-state index >= 15 is 0 Å². The van der Waals surface area contributed by atoms with Crippen molar-refractivity contribution in [2.24, 2.45) is 0 Å². The van der Waals surface area contributed by atoms with E-state index < -0.39 is 6.04 Å². The lowest BCUT2D eigenvalue weighted by molar-refractivity contribution is 0.0971. The first kappa shape index (κ1) is 19.7. The average Bonchev–Trinajstić information content (AvgIpc) is 3.30. The smallest absolute Gasteiger partial charge is 0.297 e. The zero-order chi connectivity index (χ0) is 21.9. The molecule has 0 N–H and O–H groups in total. The van der Waals surface area contributed by atoms with Crippen molar-refractivity contribution < 1.29 is 9.21 Å². The van der Waals surface area contributed by atoms with Gasteiger partial charge in [-0.2, -0.15) is 0 Å². The van der Waals surface area contributed by atoms with Gasteiger partial charge in [-0.05, 0) is 43.0 Å². The number of rotatable bonds is 3. The molecule has 0 spiro atoms. The minimum atomic E-state index is -0.574. The van der Waals surface area contributed by atoms with Crippen LogP contribution >= 0.6 is 11.3 Å². The van der Waals surface area contributed by atoms with Crippen LogP contribution in [0.1, 0.15) is 64.3 Å². The van der Waals surface area contributed by atoms with Crippen LogP contribution in [0, 0.1) is 13.8 Å². The maximum absolute atomic E-state index is 13.6. The number of hydrogen-bond donors (Lipinski definition) is 0. The molecule has 1 amide bonds. The Kier molecular flexibility index (Phi) is 4.55. The van der Waals surface area contributed by atoms with Gasteiger partial charge in [0.05, 0.1) is 22.7 Å². The number of aryl methyl sites for hydroxylation is 2. The molecular formula is C25H22N2O3S. The first-order valence-electron chi connectivity index (χ1n) is 10.3. The van der Waals surface area contributed by atoms with Crippen molar-refractivity contribution in [2.75, 3.05) is 4.90 Å². The Morgan fingerprint density at radius 3 is 2.45 bits per heavy atom. The second kappa shape index (κ2) is 7.17. The molecule has 2 aromatic carbocycles. The maximum Gasteiger partial charge on any atom is 0.297 e. The molecule has 0 fully saturated rings. The molecule has 31 heavy (non-hydrogen) atoms. The summed E-state index contributed by atoms with van der Waals surface area (Å²) >= 11 is 1.39. The Hall–Kier alpha value is -3.25. The lowest BCUT2D eigenvalue weighted by Crippen LogP contribution is -2.29. The quantitative estimate of drug-likeness (QED) is 0.416. The van der Waals surface area contributed by atoms with Crippen molar-refractivity contribution in [1.82, 2.24) is 4.98 Å². The molecule has 1 unspecified atom stereocenters. The van der Waals surface area contributed by atoms with Gasteiger partial charge in [-0.15, -0.1) is 11.3 Å². The van der Waals surface area contributed by atoms with E-state index in [0.29, 0.717) is 27.6 Å². The van der Waals surface area contributed by atoms with Gasteiger partial charge in [0.2, 0.25) is 5.76 Å². The Balaban J connectivity index is 1.78. The molecular weight excluding hydrogens is 408 g/mol. The van der Waals surface area contributed by atoms with Crippen molar-refractivity contribution >= 4 is 33.3 Å². The van der Waals surface area contributed by atoms with Crippen LogP contribution in [0.3, 0.4) is 0 Å². The van der Waals surface area contributed by atoms with Crippen molar-refractivity contribution in [3.63, 3.8) is 0 Å². The molecule has 3 heterocycles. The number of carbonyl (C=O) groups is 1. The Bertz CT molecular complexity index is 1380. The first-order chi connectivity index (χ1) is 14.8. The zero-order valence-electron chi connectivity index (χ0n) is 17.8. The molecule has 156 valence electrons. The number of fused-ring (bicyclic) bond motifs is 2. The van der Waals surface area contributed by atoms with Crippen molar-refractivity contribution in [3.8, 4) is 0 Å². The highest BCUT2D eigenvalue weighted by atomic mass is 32.1. The third-order valence-corrected chi connectivity index (χ3v) is 6.72. The Morgan fingerprint density at radius 1 is 1.06 bits per heavy atom. The van der Waals surface area contributed by atoms with Gasteiger partial charge in [0.25, 0.3) is 5.91 Å². The SMILES string of the molecule is Cc1ccc2oc3c(c(=O)c2c1)C(c1ccc(C(C)C)cc1)N(c1nc(C)cs1)C3=O. The summed E-state index contributed by atoms with van der Waals surface area (Å²) < 4.78 is 6.01. The van der Waals surface area contributed by atoms with Gasteiger partial charge in [-0.25, -0.2) is 4.98 Å². The molecule has 5 nitrogen and oxygen atoms in total. The van der Waals surface area contributed by atoms with Crippen LogP contribution in [-0.4, -0.2) is 10.9 Å². The number of aromatic nitrogens is 1. The summed E-state index contributed by atoms with van der Waals surface area (Å²) in [6, 6.07) is 13.0. The molecule has 5 rings (SSSR count). The van der Waals surface area contributed by atoms with Gasteiger partial charge in [-0.1, -0.05) is 49.7 Å². The molecule has 0 saturated carbocycles. The molecule has 1 atom stereocenters. The van der Waals surface area contributed by atoms with Crippen LogP contribution in [0.25, 0.3) is 11.0 Å². The second-order valence-corrected chi connectivity index (χ2v) is 9.18. The van der Waals surface area contributed by atoms with E-state index in [1.165, 1.54) is 16.9 Å². The molecule has 0 radical (unpaired) electrons. The standard InChI is InChI=1S/C25H22N2O3S/c1-13(2)16-6-8-17(9-7-16)21-20-22(28)18-11-14(3)5-10-19(18)30-23(20)24(29)27(21)25-26-15(4)12-31-25/h5-13,21H,1-4H3. The molecule has 6 heteroatoms. The summed E-state index contributed by atoms with van der Waals surface area (Å²) in [7, 11) is 0. The van der Waals surface area contributed by atoms with Gasteiger partial charge >= 0.3 is 0 Å². The Labute approximate surface area is 184 Å². The van der Waals surface area contributed by atoms with E-state index in [9.17, 15) is 9.59 Å². The van der Waals surface area contributed by atoms with Crippen LogP contribution in [0.15, 0.2) is 57.1 Å². The predicted molar refractivity (Wildman–Crippen MR) is 123 cm³/mol. The average molecular weight is 431 g/mol. The Morgan fingerprint density at radius 2 is 1.81 bits per heavy atom. The number of amides is 1. The summed E-state index contributed by atoms with van der Waals surface area (Å²) in [6.45, 7) is 8.10. The van der Waals surface area contributed by atoms with Gasteiger partial charge < -0.3 is 4.42 Å². The summed E-state index contributed by atoms with van der Waals surface area (Å²) in [5.74, 6) is 0.162. The topological polar surface area (TPSA) is 63.4 Å². The number of benzene rings is 2. The molecule has 1 aliphatic rings. The summed E-state index contributed by atoms with van der Waals surface area (Å²) in [5, 5.41) is 2.96. The molecule has 4 aromatic rings. The van der Waals surface area contributed by atoms with Crippen molar-refractivity contribution in [2.45, 2.75) is 39.7 Å². The van der Waals surface area contributed by atoms with Gasteiger partial charge in [0.15, 0.2) is 10.6 Å². The van der Waals surface area contributed by atoms with Crippen LogP contribution in [0.2, 0.25) is 0 Å². The molecule has 0 saturated heterocycles. The molecule has 2 aromatic heterocycles. The molecule has 0 bridgehead atoms. The lowest BCUT2D eigenvalue weighted by Gasteiger charge is -2.23. The van der Waals surface area contributed by atoms with Crippen molar-refractivity contribution in [1.29, 1.82) is 0 Å². The van der Waals surface area contributed by atoms with E-state index in [1.54, 1.807) is 11.0 Å². The number of carbonyl (C=O) groups excluding carboxylic acids is 1.